The van der Waals surface area contributed by atoms with E-state index in [0.717, 1.165) is 32.1 Å². The monoisotopic (exact) mass is 590 g/mol. The van der Waals surface area contributed by atoms with Crippen LogP contribution >= 0.6 is 7.82 Å². The van der Waals surface area contributed by atoms with Gasteiger partial charge in [-0.2, -0.15) is 0 Å². The maximum atomic E-state index is 12.2. The summed E-state index contributed by atoms with van der Waals surface area (Å²) in [4.78, 5) is 42.2. The SMILES string of the molecule is CCCCCCCCCCCCC/C=C/CCC(=O)OC[C@H](COP(=O)(O)O)OC(=O)CCCCCCCCC. The van der Waals surface area contributed by atoms with Crippen molar-refractivity contribution in [2.24, 2.45) is 0 Å². The molecule has 9 heteroatoms. The molecule has 0 aromatic heterocycles. The van der Waals surface area contributed by atoms with Crippen molar-refractivity contribution in [1.82, 2.24) is 0 Å². The van der Waals surface area contributed by atoms with Crippen molar-refractivity contribution >= 4 is 19.8 Å². The predicted molar refractivity (Wildman–Crippen MR) is 161 cm³/mol. The number of carbonyl (C=O) groups is 2. The summed E-state index contributed by atoms with van der Waals surface area (Å²) in [7, 11) is -4.74. The smallest absolute Gasteiger partial charge is 0.462 e. The van der Waals surface area contributed by atoms with E-state index < -0.39 is 32.5 Å². The molecule has 0 aliphatic carbocycles. The quantitative estimate of drug-likeness (QED) is 0.0384. The number of phosphoric acid groups is 1. The fraction of sp³-hybridized carbons (Fsp3) is 0.871. The molecule has 2 N–H and O–H groups in total. The Bertz CT molecular complexity index is 676. The number of rotatable bonds is 29. The lowest BCUT2D eigenvalue weighted by Gasteiger charge is -2.18. The highest BCUT2D eigenvalue weighted by Gasteiger charge is 2.22. The molecule has 0 aromatic rings. The molecule has 8 nitrogen and oxygen atoms in total. The number of unbranched alkanes of at least 4 members (excludes halogenated alkanes) is 17. The summed E-state index contributed by atoms with van der Waals surface area (Å²) in [6, 6.07) is 0. The van der Waals surface area contributed by atoms with Crippen LogP contribution in [0.3, 0.4) is 0 Å². The highest BCUT2D eigenvalue weighted by atomic mass is 31.2. The summed E-state index contributed by atoms with van der Waals surface area (Å²) in [5.74, 6) is -0.946. The molecule has 0 rings (SSSR count). The molecule has 0 radical (unpaired) electrons. The van der Waals surface area contributed by atoms with Gasteiger partial charge in [0.05, 0.1) is 6.61 Å². The van der Waals surface area contributed by atoms with Gasteiger partial charge in [0.2, 0.25) is 0 Å². The van der Waals surface area contributed by atoms with Crippen molar-refractivity contribution in [2.75, 3.05) is 13.2 Å². The van der Waals surface area contributed by atoms with Crippen molar-refractivity contribution in [3.63, 3.8) is 0 Å². The predicted octanol–water partition coefficient (Wildman–Crippen LogP) is 8.73. The van der Waals surface area contributed by atoms with Crippen LogP contribution in [-0.2, 0) is 28.2 Å². The van der Waals surface area contributed by atoms with E-state index >= 15 is 0 Å². The number of ether oxygens (including phenoxy) is 2. The molecule has 0 saturated carbocycles. The van der Waals surface area contributed by atoms with Gasteiger partial charge in [0.1, 0.15) is 6.61 Å². The average Bonchev–Trinajstić information content (AvgIpc) is 2.91. The molecule has 40 heavy (non-hydrogen) atoms. The van der Waals surface area contributed by atoms with E-state index in [1.807, 2.05) is 6.08 Å². The van der Waals surface area contributed by atoms with Crippen LogP contribution in [0.15, 0.2) is 12.2 Å². The molecule has 0 bridgehead atoms. The second-order valence-corrected chi connectivity index (χ2v) is 12.0. The second-order valence-electron chi connectivity index (χ2n) is 10.8. The number of phosphoric ester groups is 1. The number of carbonyl (C=O) groups excluding carboxylic acids is 2. The third kappa shape index (κ3) is 29.8. The first kappa shape index (κ1) is 38.8. The van der Waals surface area contributed by atoms with Crippen LogP contribution in [0.5, 0.6) is 0 Å². The Morgan fingerprint density at radius 2 is 1.10 bits per heavy atom. The normalized spacial score (nSPS) is 12.6. The third-order valence-electron chi connectivity index (χ3n) is 6.80. The van der Waals surface area contributed by atoms with E-state index in [1.54, 1.807) is 0 Å². The summed E-state index contributed by atoms with van der Waals surface area (Å²) in [6.45, 7) is 3.57. The van der Waals surface area contributed by atoms with Crippen molar-refractivity contribution in [1.29, 1.82) is 0 Å². The van der Waals surface area contributed by atoms with E-state index in [0.29, 0.717) is 12.8 Å². The maximum Gasteiger partial charge on any atom is 0.469 e. The Kier molecular flexibility index (Phi) is 27.1. The molecule has 0 unspecified atom stereocenters. The molecule has 1 atom stereocenters. The average molecular weight is 591 g/mol. The summed E-state index contributed by atoms with van der Waals surface area (Å²) < 4.78 is 26.0. The Labute approximate surface area is 244 Å². The van der Waals surface area contributed by atoms with Gasteiger partial charge in [-0.3, -0.25) is 14.1 Å². The van der Waals surface area contributed by atoms with E-state index in [2.05, 4.69) is 24.4 Å². The molecule has 0 fully saturated rings. The van der Waals surface area contributed by atoms with Gasteiger partial charge in [-0.05, 0) is 25.7 Å². The van der Waals surface area contributed by atoms with Crippen LogP contribution in [0.2, 0.25) is 0 Å². The van der Waals surface area contributed by atoms with Gasteiger partial charge in [-0.15, -0.1) is 0 Å². The van der Waals surface area contributed by atoms with Crippen LogP contribution < -0.4 is 0 Å². The van der Waals surface area contributed by atoms with Crippen LogP contribution in [-0.4, -0.2) is 41.0 Å². The fourth-order valence-electron chi connectivity index (χ4n) is 4.39. The molecule has 0 aliphatic heterocycles. The molecular weight excluding hydrogens is 531 g/mol. The van der Waals surface area contributed by atoms with Gasteiger partial charge in [-0.25, -0.2) is 4.57 Å². The zero-order valence-corrected chi connectivity index (χ0v) is 26.4. The number of hydrogen-bond donors (Lipinski definition) is 2. The lowest BCUT2D eigenvalue weighted by atomic mass is 10.1. The first-order valence-corrected chi connectivity index (χ1v) is 17.5. The zero-order valence-electron chi connectivity index (χ0n) is 25.5. The number of allylic oxidation sites excluding steroid dienone is 2. The molecule has 0 saturated heterocycles. The standard InChI is InChI=1S/C31H59O8P/c1-3-5-7-9-11-12-13-14-15-16-17-18-20-21-23-25-30(32)37-27-29(28-38-40(34,35)36)39-31(33)26-24-22-19-10-8-6-4-2/h20-21,29H,3-19,22-28H2,1-2H3,(H2,34,35,36)/b21-20+/t29-/m1/s1. The lowest BCUT2D eigenvalue weighted by Crippen LogP contribution is -2.29. The molecule has 236 valence electrons. The first-order valence-electron chi connectivity index (χ1n) is 16.0. The van der Waals surface area contributed by atoms with Gasteiger partial charge in [-0.1, -0.05) is 129 Å². The summed E-state index contributed by atoms with van der Waals surface area (Å²) in [5, 5.41) is 0. The zero-order chi connectivity index (χ0) is 29.7. The summed E-state index contributed by atoms with van der Waals surface area (Å²) in [6.07, 6.45) is 26.9. The van der Waals surface area contributed by atoms with Gasteiger partial charge in [0.15, 0.2) is 6.10 Å². The molecule has 0 aliphatic rings. The Morgan fingerprint density at radius 1 is 0.625 bits per heavy atom. The Hall–Kier alpha value is -1.21. The maximum absolute atomic E-state index is 12.2. The van der Waals surface area contributed by atoms with Crippen molar-refractivity contribution in [3.8, 4) is 0 Å². The molecule has 0 amide bonds. The van der Waals surface area contributed by atoms with Gasteiger partial charge in [0, 0.05) is 12.8 Å². The molecular formula is C31H59O8P. The summed E-state index contributed by atoms with van der Waals surface area (Å²) in [5.41, 5.74) is 0. The van der Waals surface area contributed by atoms with E-state index in [9.17, 15) is 14.2 Å². The Balaban J connectivity index is 4.00. The van der Waals surface area contributed by atoms with Crippen molar-refractivity contribution in [2.45, 2.75) is 161 Å². The largest absolute Gasteiger partial charge is 0.469 e. The minimum Gasteiger partial charge on any atom is -0.462 e. The Morgan fingerprint density at radius 3 is 1.62 bits per heavy atom. The number of esters is 2. The van der Waals surface area contributed by atoms with Gasteiger partial charge < -0.3 is 19.3 Å². The van der Waals surface area contributed by atoms with Crippen molar-refractivity contribution < 1.29 is 37.9 Å². The van der Waals surface area contributed by atoms with Crippen molar-refractivity contribution in [3.05, 3.63) is 12.2 Å². The fourth-order valence-corrected chi connectivity index (χ4v) is 4.75. The van der Waals surface area contributed by atoms with Crippen LogP contribution in [0, 0.1) is 0 Å². The van der Waals surface area contributed by atoms with E-state index in [-0.39, 0.29) is 19.4 Å². The summed E-state index contributed by atoms with van der Waals surface area (Å²) >= 11 is 0. The molecule has 0 heterocycles. The first-order chi connectivity index (χ1) is 19.3. The van der Waals surface area contributed by atoms with Crippen LogP contribution in [0.4, 0.5) is 0 Å². The van der Waals surface area contributed by atoms with E-state index in [4.69, 9.17) is 19.3 Å². The van der Waals surface area contributed by atoms with Crippen LogP contribution in [0.1, 0.15) is 155 Å². The highest BCUT2D eigenvalue weighted by Crippen LogP contribution is 2.35. The van der Waals surface area contributed by atoms with E-state index in [1.165, 1.54) is 83.5 Å². The highest BCUT2D eigenvalue weighted by molar-refractivity contribution is 7.46. The minimum atomic E-state index is -4.74. The third-order valence-corrected chi connectivity index (χ3v) is 7.28. The molecule has 0 spiro atoms. The minimum absolute atomic E-state index is 0.187. The lowest BCUT2D eigenvalue weighted by molar-refractivity contribution is -0.161. The number of hydrogen-bond acceptors (Lipinski definition) is 6. The van der Waals surface area contributed by atoms with Crippen LogP contribution in [0.25, 0.3) is 0 Å². The van der Waals surface area contributed by atoms with Gasteiger partial charge >= 0.3 is 19.8 Å². The topological polar surface area (TPSA) is 119 Å². The second kappa shape index (κ2) is 27.9. The molecule has 0 aromatic carbocycles. The van der Waals surface area contributed by atoms with Gasteiger partial charge in [0.25, 0.3) is 0 Å².